The van der Waals surface area contributed by atoms with Crippen LogP contribution in [0.4, 0.5) is 16.2 Å². The monoisotopic (exact) mass is 533 g/mol. The molecule has 3 amide bonds. The van der Waals surface area contributed by atoms with Gasteiger partial charge in [-0.15, -0.1) is 0 Å². The van der Waals surface area contributed by atoms with Crippen LogP contribution in [0.1, 0.15) is 49.8 Å². The van der Waals surface area contributed by atoms with Crippen molar-refractivity contribution in [3.8, 4) is 0 Å². The van der Waals surface area contributed by atoms with E-state index in [4.69, 9.17) is 16.3 Å². The zero-order valence-corrected chi connectivity index (χ0v) is 22.7. The van der Waals surface area contributed by atoms with Crippen molar-refractivity contribution >= 4 is 40.9 Å². The van der Waals surface area contributed by atoms with Crippen LogP contribution in [0.15, 0.2) is 72.8 Å². The van der Waals surface area contributed by atoms with E-state index in [0.717, 1.165) is 16.7 Å². The Kier molecular flexibility index (Phi) is 8.07. The molecule has 7 nitrogen and oxygen atoms in total. The van der Waals surface area contributed by atoms with Gasteiger partial charge in [-0.2, -0.15) is 0 Å². The molecular weight excluding hydrogens is 502 g/mol. The van der Waals surface area contributed by atoms with E-state index >= 15 is 0 Å². The number of fused-ring (bicyclic) bond motifs is 1. The van der Waals surface area contributed by atoms with Crippen LogP contribution < -0.4 is 15.5 Å². The lowest BCUT2D eigenvalue weighted by Gasteiger charge is -2.27. The van der Waals surface area contributed by atoms with Crippen molar-refractivity contribution in [2.45, 2.75) is 51.7 Å². The van der Waals surface area contributed by atoms with Crippen molar-refractivity contribution in [3.05, 3.63) is 94.5 Å². The number of benzene rings is 3. The van der Waals surface area contributed by atoms with Gasteiger partial charge in [-0.1, -0.05) is 60.1 Å². The Hall–Kier alpha value is -3.84. The van der Waals surface area contributed by atoms with Gasteiger partial charge in [0.1, 0.15) is 18.2 Å². The molecule has 0 saturated carbocycles. The van der Waals surface area contributed by atoms with Crippen molar-refractivity contribution in [2.75, 3.05) is 16.8 Å². The van der Waals surface area contributed by atoms with Crippen LogP contribution in [0, 0.1) is 6.92 Å². The van der Waals surface area contributed by atoms with Crippen molar-refractivity contribution < 1.29 is 19.1 Å². The molecule has 198 valence electrons. The molecule has 3 aromatic carbocycles. The molecule has 2 N–H and O–H groups in total. The number of esters is 1. The molecule has 8 heteroatoms. The fraction of sp³-hybridized carbons (Fsp3) is 0.300. The normalized spacial score (nSPS) is 17.3. The van der Waals surface area contributed by atoms with Gasteiger partial charge >= 0.3 is 12.0 Å². The molecule has 38 heavy (non-hydrogen) atoms. The molecule has 1 aliphatic heterocycles. The van der Waals surface area contributed by atoms with Crippen molar-refractivity contribution in [1.82, 2.24) is 5.32 Å². The number of aryl methyl sites for hydroxylation is 1. The van der Waals surface area contributed by atoms with Crippen LogP contribution in [-0.2, 0) is 14.3 Å². The zero-order chi connectivity index (χ0) is 27.4. The molecule has 0 unspecified atom stereocenters. The summed E-state index contributed by atoms with van der Waals surface area (Å²) in [6, 6.07) is 21.0. The third kappa shape index (κ3) is 6.72. The third-order valence-electron chi connectivity index (χ3n) is 6.18. The number of ether oxygens (including phenoxy) is 1. The van der Waals surface area contributed by atoms with E-state index in [1.165, 1.54) is 4.90 Å². The lowest BCUT2D eigenvalue weighted by atomic mass is 9.85. The molecule has 3 aromatic rings. The number of hydrogen-bond donors (Lipinski definition) is 2. The minimum Gasteiger partial charge on any atom is -0.459 e. The van der Waals surface area contributed by atoms with Gasteiger partial charge < -0.3 is 15.4 Å². The Labute approximate surface area is 228 Å². The maximum atomic E-state index is 14.0. The first-order chi connectivity index (χ1) is 18.0. The van der Waals surface area contributed by atoms with E-state index in [0.29, 0.717) is 22.8 Å². The van der Waals surface area contributed by atoms with Gasteiger partial charge in [0, 0.05) is 22.3 Å². The number of halogens is 1. The summed E-state index contributed by atoms with van der Waals surface area (Å²) < 4.78 is 5.55. The second kappa shape index (κ2) is 11.3. The van der Waals surface area contributed by atoms with Gasteiger partial charge in [0.25, 0.3) is 0 Å². The highest BCUT2D eigenvalue weighted by Crippen LogP contribution is 2.39. The predicted octanol–water partition coefficient (Wildman–Crippen LogP) is 6.05. The topological polar surface area (TPSA) is 87.7 Å². The molecule has 1 heterocycles. The van der Waals surface area contributed by atoms with E-state index < -0.39 is 23.6 Å². The van der Waals surface area contributed by atoms with Gasteiger partial charge in [0.15, 0.2) is 0 Å². The van der Waals surface area contributed by atoms with Crippen molar-refractivity contribution in [1.29, 1.82) is 0 Å². The van der Waals surface area contributed by atoms with Crippen molar-refractivity contribution in [2.24, 2.45) is 0 Å². The zero-order valence-electron chi connectivity index (χ0n) is 22.0. The number of urea groups is 1. The quantitative estimate of drug-likeness (QED) is 0.391. The van der Waals surface area contributed by atoms with Crippen LogP contribution >= 0.6 is 11.6 Å². The lowest BCUT2D eigenvalue weighted by molar-refractivity contribution is -0.153. The summed E-state index contributed by atoms with van der Waals surface area (Å²) in [6.07, 6.45) is 0.312. The molecule has 0 aliphatic carbocycles. The van der Waals surface area contributed by atoms with Gasteiger partial charge in [-0.3, -0.25) is 14.5 Å². The number of rotatable bonds is 5. The minimum absolute atomic E-state index is 0.198. The smallest absolute Gasteiger partial charge is 0.326 e. The summed E-state index contributed by atoms with van der Waals surface area (Å²) in [5, 5.41) is 6.07. The highest BCUT2D eigenvalue weighted by atomic mass is 35.5. The molecule has 1 aliphatic rings. The molecule has 2 atom stereocenters. The first-order valence-electron chi connectivity index (χ1n) is 12.5. The highest BCUT2D eigenvalue weighted by molar-refractivity contribution is 6.30. The van der Waals surface area contributed by atoms with E-state index in [9.17, 15) is 14.4 Å². The standard InChI is InChI=1S/C30H32ClN3O4/c1-19-13-14-23-24(20-9-6-5-7-10-20)17-25(33-29(37)32-22-12-8-11-21(31)16-22)28(36)34(26(23)15-19)18-27(35)38-30(2,3)4/h5-16,24-25H,17-18H2,1-4H3,(H2,32,33,37)/t24-,25-/m1/s1. The fourth-order valence-corrected chi connectivity index (χ4v) is 4.82. The number of nitrogens with zero attached hydrogens (tertiary/aromatic N) is 1. The summed E-state index contributed by atoms with van der Waals surface area (Å²) in [5.41, 5.74) is 3.28. The largest absolute Gasteiger partial charge is 0.459 e. The van der Waals surface area contributed by atoms with Crippen LogP contribution in [0.2, 0.25) is 5.02 Å². The van der Waals surface area contributed by atoms with Gasteiger partial charge in [0.2, 0.25) is 5.91 Å². The Morgan fingerprint density at radius 3 is 2.45 bits per heavy atom. The van der Waals surface area contributed by atoms with Gasteiger partial charge in [-0.25, -0.2) is 4.79 Å². The third-order valence-corrected chi connectivity index (χ3v) is 6.42. The predicted molar refractivity (Wildman–Crippen MR) is 150 cm³/mol. The molecule has 0 spiro atoms. The van der Waals surface area contributed by atoms with Crippen molar-refractivity contribution in [3.63, 3.8) is 0 Å². The van der Waals surface area contributed by atoms with E-state index in [1.807, 2.05) is 55.5 Å². The second-order valence-electron chi connectivity index (χ2n) is 10.4. The molecule has 0 radical (unpaired) electrons. The second-order valence-corrected chi connectivity index (χ2v) is 10.9. The average molecular weight is 534 g/mol. The highest BCUT2D eigenvalue weighted by Gasteiger charge is 2.38. The Bertz CT molecular complexity index is 1340. The number of carbonyl (C=O) groups excluding carboxylic acids is 3. The maximum Gasteiger partial charge on any atom is 0.326 e. The minimum atomic E-state index is -0.908. The van der Waals surface area contributed by atoms with Gasteiger partial charge in [-0.05, 0) is 75.1 Å². The van der Waals surface area contributed by atoms with E-state index in [-0.39, 0.29) is 18.4 Å². The summed E-state index contributed by atoms with van der Waals surface area (Å²) in [7, 11) is 0. The summed E-state index contributed by atoms with van der Waals surface area (Å²) in [6.45, 7) is 7.00. The number of amides is 3. The van der Waals surface area contributed by atoms with Crippen LogP contribution in [0.5, 0.6) is 0 Å². The molecule has 0 bridgehead atoms. The Morgan fingerprint density at radius 2 is 1.76 bits per heavy atom. The summed E-state index contributed by atoms with van der Waals surface area (Å²) >= 11 is 6.05. The Morgan fingerprint density at radius 1 is 1.03 bits per heavy atom. The molecule has 0 fully saturated rings. The molecular formula is C30H32ClN3O4. The van der Waals surface area contributed by atoms with E-state index in [2.05, 4.69) is 10.6 Å². The van der Waals surface area contributed by atoms with Crippen LogP contribution in [0.25, 0.3) is 0 Å². The molecule has 0 saturated heterocycles. The Balaban J connectivity index is 1.72. The van der Waals surface area contributed by atoms with Crippen LogP contribution in [-0.4, -0.2) is 36.1 Å². The SMILES string of the molecule is Cc1ccc2c(c1)N(CC(=O)OC(C)(C)C)C(=O)[C@H](NC(=O)Nc1cccc(Cl)c1)C[C@@H]2c1ccccc1. The lowest BCUT2D eigenvalue weighted by Crippen LogP contribution is -2.51. The first kappa shape index (κ1) is 27.2. The van der Waals surface area contributed by atoms with E-state index in [1.54, 1.807) is 45.0 Å². The first-order valence-corrected chi connectivity index (χ1v) is 12.9. The van der Waals surface area contributed by atoms with Crippen LogP contribution in [0.3, 0.4) is 0 Å². The number of hydrogen-bond acceptors (Lipinski definition) is 4. The molecule has 0 aromatic heterocycles. The van der Waals surface area contributed by atoms with Gasteiger partial charge in [0.05, 0.1) is 0 Å². The number of carbonyl (C=O) groups is 3. The number of nitrogens with one attached hydrogen (secondary N) is 2. The average Bonchev–Trinajstić information content (AvgIpc) is 2.94. The fourth-order valence-electron chi connectivity index (χ4n) is 4.63. The maximum absolute atomic E-state index is 14.0. The molecule has 4 rings (SSSR count). The number of anilines is 2. The summed E-state index contributed by atoms with van der Waals surface area (Å²) in [5.74, 6) is -1.11. The summed E-state index contributed by atoms with van der Waals surface area (Å²) in [4.78, 5) is 41.3.